The summed E-state index contributed by atoms with van der Waals surface area (Å²) in [4.78, 5) is 22.7. The van der Waals surface area contributed by atoms with Gasteiger partial charge < -0.3 is 21.5 Å². The van der Waals surface area contributed by atoms with Gasteiger partial charge in [0, 0.05) is 6.54 Å². The number of hydrogen-bond donors (Lipinski definition) is 3. The lowest BCUT2D eigenvalue weighted by atomic mass is 10.1. The molecule has 2 amide bonds. The Labute approximate surface area is 112 Å². The van der Waals surface area contributed by atoms with E-state index in [-0.39, 0.29) is 29.5 Å². The van der Waals surface area contributed by atoms with E-state index in [1.807, 2.05) is 13.8 Å². The number of carbonyl (C=O) groups excluding carboxylic acids is 2. The quantitative estimate of drug-likeness (QED) is 0.651. The van der Waals surface area contributed by atoms with E-state index in [1.54, 1.807) is 12.1 Å². The van der Waals surface area contributed by atoms with Crippen molar-refractivity contribution in [2.45, 2.75) is 13.8 Å². The van der Waals surface area contributed by atoms with Crippen LogP contribution in [0.1, 0.15) is 24.2 Å². The number of primary amides is 1. The summed E-state index contributed by atoms with van der Waals surface area (Å²) in [6.45, 7) is 4.33. The van der Waals surface area contributed by atoms with Gasteiger partial charge in [0.05, 0.1) is 11.3 Å². The van der Waals surface area contributed by atoms with Gasteiger partial charge in [-0.2, -0.15) is 0 Å². The van der Waals surface area contributed by atoms with Gasteiger partial charge in [-0.1, -0.05) is 19.9 Å². The van der Waals surface area contributed by atoms with Crippen LogP contribution in [0.4, 0.5) is 5.69 Å². The fraction of sp³-hybridized carbons (Fsp3) is 0.385. The maximum Gasteiger partial charge on any atom is 0.257 e. The van der Waals surface area contributed by atoms with Gasteiger partial charge in [0.1, 0.15) is 0 Å². The van der Waals surface area contributed by atoms with Crippen molar-refractivity contribution in [3.63, 3.8) is 0 Å². The third-order valence-electron chi connectivity index (χ3n) is 2.37. The second-order valence-corrected chi connectivity index (χ2v) is 4.57. The summed E-state index contributed by atoms with van der Waals surface area (Å²) in [5, 5.41) is 2.70. The monoisotopic (exact) mass is 265 g/mol. The molecular formula is C13H19N3O3. The molecule has 0 spiro atoms. The van der Waals surface area contributed by atoms with E-state index in [0.29, 0.717) is 12.5 Å². The van der Waals surface area contributed by atoms with Crippen LogP contribution in [0.25, 0.3) is 0 Å². The fourth-order valence-electron chi connectivity index (χ4n) is 1.42. The van der Waals surface area contributed by atoms with Gasteiger partial charge in [-0.3, -0.25) is 9.59 Å². The minimum atomic E-state index is -0.648. The Kier molecular flexibility index (Phi) is 5.17. The molecule has 0 saturated heterocycles. The number of nitrogens with one attached hydrogen (secondary N) is 1. The topological polar surface area (TPSA) is 107 Å². The molecule has 0 bridgehead atoms. The summed E-state index contributed by atoms with van der Waals surface area (Å²) in [5.74, 6) is -0.418. The normalized spacial score (nSPS) is 10.3. The highest BCUT2D eigenvalue weighted by atomic mass is 16.5. The standard InChI is InChI=1S/C13H19N3O3/c1-8(2)6-16-11(17)7-19-12-9(13(15)18)4-3-5-10(12)14/h3-5,8H,6-7,14H2,1-2H3,(H2,15,18)(H,16,17). The second kappa shape index (κ2) is 6.63. The van der Waals surface area contributed by atoms with Crippen molar-refractivity contribution in [1.82, 2.24) is 5.32 Å². The lowest BCUT2D eigenvalue weighted by molar-refractivity contribution is -0.123. The number of amides is 2. The predicted molar refractivity (Wildman–Crippen MR) is 72.7 cm³/mol. The van der Waals surface area contributed by atoms with E-state index < -0.39 is 5.91 Å². The van der Waals surface area contributed by atoms with Crippen molar-refractivity contribution in [2.75, 3.05) is 18.9 Å². The molecule has 6 nitrogen and oxygen atoms in total. The van der Waals surface area contributed by atoms with Crippen molar-refractivity contribution in [2.24, 2.45) is 11.7 Å². The number of carbonyl (C=O) groups is 2. The molecule has 0 aromatic heterocycles. The van der Waals surface area contributed by atoms with E-state index in [2.05, 4.69) is 5.32 Å². The van der Waals surface area contributed by atoms with Crippen LogP contribution in [0.15, 0.2) is 18.2 Å². The predicted octanol–water partition coefficient (Wildman–Crippen LogP) is 0.519. The number of nitrogens with two attached hydrogens (primary N) is 2. The van der Waals surface area contributed by atoms with E-state index in [0.717, 1.165) is 0 Å². The molecule has 104 valence electrons. The lowest BCUT2D eigenvalue weighted by Gasteiger charge is -2.12. The summed E-state index contributed by atoms with van der Waals surface area (Å²) in [6, 6.07) is 4.68. The van der Waals surface area contributed by atoms with Gasteiger partial charge >= 0.3 is 0 Å². The van der Waals surface area contributed by atoms with Crippen LogP contribution < -0.4 is 21.5 Å². The molecule has 0 fully saturated rings. The molecule has 1 rings (SSSR count). The van der Waals surface area contributed by atoms with Crippen LogP contribution in [0.2, 0.25) is 0 Å². The average molecular weight is 265 g/mol. The Morgan fingerprint density at radius 2 is 2.05 bits per heavy atom. The first-order chi connectivity index (χ1) is 8.91. The minimum Gasteiger partial charge on any atom is -0.481 e. The Morgan fingerprint density at radius 1 is 1.37 bits per heavy atom. The van der Waals surface area contributed by atoms with Crippen molar-refractivity contribution < 1.29 is 14.3 Å². The summed E-state index contributed by atoms with van der Waals surface area (Å²) in [5.41, 5.74) is 11.4. The Hall–Kier alpha value is -2.24. The van der Waals surface area contributed by atoms with E-state index in [1.165, 1.54) is 6.07 Å². The van der Waals surface area contributed by atoms with E-state index in [9.17, 15) is 9.59 Å². The average Bonchev–Trinajstić information content (AvgIpc) is 2.34. The molecule has 0 atom stereocenters. The molecule has 0 aliphatic rings. The van der Waals surface area contributed by atoms with Crippen LogP contribution in [0.5, 0.6) is 5.75 Å². The number of rotatable bonds is 6. The Bertz CT molecular complexity index is 472. The summed E-state index contributed by atoms with van der Waals surface area (Å²) < 4.78 is 5.29. The number of ether oxygens (including phenoxy) is 1. The molecule has 0 radical (unpaired) electrons. The highest BCUT2D eigenvalue weighted by molar-refractivity contribution is 5.97. The van der Waals surface area contributed by atoms with Crippen molar-refractivity contribution >= 4 is 17.5 Å². The highest BCUT2D eigenvalue weighted by Crippen LogP contribution is 2.25. The highest BCUT2D eigenvalue weighted by Gasteiger charge is 2.13. The van der Waals surface area contributed by atoms with Gasteiger partial charge in [-0.25, -0.2) is 0 Å². The van der Waals surface area contributed by atoms with Crippen LogP contribution in [0, 0.1) is 5.92 Å². The molecule has 19 heavy (non-hydrogen) atoms. The van der Waals surface area contributed by atoms with E-state index in [4.69, 9.17) is 16.2 Å². The smallest absolute Gasteiger partial charge is 0.257 e. The van der Waals surface area contributed by atoms with Crippen LogP contribution in [-0.2, 0) is 4.79 Å². The molecule has 0 aliphatic heterocycles. The summed E-state index contributed by atoms with van der Waals surface area (Å²) >= 11 is 0. The van der Waals surface area contributed by atoms with Crippen LogP contribution >= 0.6 is 0 Å². The number of anilines is 1. The Morgan fingerprint density at radius 3 is 2.63 bits per heavy atom. The number of nitrogen functional groups attached to an aromatic ring is 1. The molecule has 0 heterocycles. The molecule has 5 N–H and O–H groups in total. The molecule has 0 saturated carbocycles. The summed E-state index contributed by atoms with van der Waals surface area (Å²) in [6.07, 6.45) is 0. The van der Waals surface area contributed by atoms with Crippen LogP contribution in [-0.4, -0.2) is 25.0 Å². The van der Waals surface area contributed by atoms with Crippen LogP contribution in [0.3, 0.4) is 0 Å². The van der Waals surface area contributed by atoms with Gasteiger partial charge in [0.15, 0.2) is 12.4 Å². The third-order valence-corrected chi connectivity index (χ3v) is 2.37. The van der Waals surface area contributed by atoms with Crippen molar-refractivity contribution in [3.05, 3.63) is 23.8 Å². The van der Waals surface area contributed by atoms with Gasteiger partial charge in [0.2, 0.25) is 0 Å². The molecule has 6 heteroatoms. The number of hydrogen-bond acceptors (Lipinski definition) is 4. The zero-order valence-electron chi connectivity index (χ0n) is 11.1. The van der Waals surface area contributed by atoms with Gasteiger partial charge in [0.25, 0.3) is 11.8 Å². The molecule has 0 aliphatic carbocycles. The third kappa shape index (κ3) is 4.50. The zero-order valence-corrected chi connectivity index (χ0v) is 11.1. The zero-order chi connectivity index (χ0) is 14.4. The first-order valence-corrected chi connectivity index (χ1v) is 5.99. The Balaban J connectivity index is 2.67. The minimum absolute atomic E-state index is 0.148. The number of para-hydroxylation sites is 1. The lowest BCUT2D eigenvalue weighted by Crippen LogP contribution is -2.32. The van der Waals surface area contributed by atoms with Gasteiger partial charge in [-0.15, -0.1) is 0 Å². The van der Waals surface area contributed by atoms with E-state index >= 15 is 0 Å². The van der Waals surface area contributed by atoms with Crippen molar-refractivity contribution in [1.29, 1.82) is 0 Å². The maximum atomic E-state index is 11.5. The van der Waals surface area contributed by atoms with Gasteiger partial charge in [-0.05, 0) is 18.1 Å². The first kappa shape index (κ1) is 14.8. The largest absolute Gasteiger partial charge is 0.481 e. The molecule has 1 aromatic rings. The molecule has 0 unspecified atom stereocenters. The van der Waals surface area contributed by atoms with Crippen molar-refractivity contribution in [3.8, 4) is 5.75 Å². The maximum absolute atomic E-state index is 11.5. The number of benzene rings is 1. The molecule has 1 aromatic carbocycles. The molecular weight excluding hydrogens is 246 g/mol. The first-order valence-electron chi connectivity index (χ1n) is 5.99. The SMILES string of the molecule is CC(C)CNC(=O)COc1c(N)cccc1C(N)=O. The second-order valence-electron chi connectivity index (χ2n) is 4.57. The summed E-state index contributed by atoms with van der Waals surface area (Å²) in [7, 11) is 0. The fourth-order valence-corrected chi connectivity index (χ4v) is 1.42.